The van der Waals surface area contributed by atoms with Gasteiger partial charge in [0.2, 0.25) is 0 Å². The Bertz CT molecular complexity index is 478. The van der Waals surface area contributed by atoms with Crippen molar-refractivity contribution in [1.29, 1.82) is 0 Å². The zero-order valence-electron chi connectivity index (χ0n) is 13.5. The zero-order chi connectivity index (χ0) is 14.8. The second-order valence-electron chi connectivity index (χ2n) is 6.27. The molecule has 0 amide bonds. The van der Waals surface area contributed by atoms with Crippen molar-refractivity contribution >= 4 is 11.6 Å². The molecule has 21 heavy (non-hydrogen) atoms. The third-order valence-electron chi connectivity index (χ3n) is 4.84. The molecule has 1 aliphatic carbocycles. The van der Waals surface area contributed by atoms with Crippen LogP contribution in [0.2, 0.25) is 0 Å². The van der Waals surface area contributed by atoms with Gasteiger partial charge in [0.15, 0.2) is 0 Å². The summed E-state index contributed by atoms with van der Waals surface area (Å²) in [6.07, 6.45) is 4.93. The van der Waals surface area contributed by atoms with E-state index in [4.69, 9.17) is 4.98 Å². The normalized spacial score (nSPS) is 20.5. The van der Waals surface area contributed by atoms with E-state index in [1.54, 1.807) is 0 Å². The summed E-state index contributed by atoms with van der Waals surface area (Å²) in [5, 5.41) is 3.18. The molecule has 1 aliphatic heterocycles. The Labute approximate surface area is 127 Å². The largest absolute Gasteiger partial charge is 0.373 e. The summed E-state index contributed by atoms with van der Waals surface area (Å²) in [5.41, 5.74) is 0. The molecule has 1 aromatic heterocycles. The Morgan fingerprint density at radius 3 is 2.52 bits per heavy atom. The van der Waals surface area contributed by atoms with Crippen molar-refractivity contribution < 1.29 is 0 Å². The van der Waals surface area contributed by atoms with Crippen molar-refractivity contribution in [3.05, 3.63) is 11.9 Å². The van der Waals surface area contributed by atoms with Crippen molar-refractivity contribution in [3.63, 3.8) is 0 Å². The van der Waals surface area contributed by atoms with Gasteiger partial charge in [-0.15, -0.1) is 0 Å². The van der Waals surface area contributed by atoms with Gasteiger partial charge in [-0.25, -0.2) is 9.97 Å². The lowest BCUT2D eigenvalue weighted by molar-refractivity contribution is 0.220. The summed E-state index contributed by atoms with van der Waals surface area (Å²) in [5.74, 6) is 3.63. The lowest BCUT2D eigenvalue weighted by Gasteiger charge is -2.37. The first-order valence-electron chi connectivity index (χ1n) is 8.23. The fourth-order valence-electron chi connectivity index (χ4n) is 3.10. The standard InChI is InChI=1S/C16H27N5/c1-4-21-9-7-13(8-10-21)20(3)15-11-14(17-2)18-16(19-15)12-5-6-12/h11-13H,4-10H2,1-3H3,(H,17,18,19). The van der Waals surface area contributed by atoms with Crippen molar-refractivity contribution in [3.8, 4) is 0 Å². The molecule has 0 aromatic carbocycles. The molecule has 5 nitrogen and oxygen atoms in total. The molecule has 0 atom stereocenters. The molecule has 116 valence electrons. The monoisotopic (exact) mass is 289 g/mol. The number of hydrogen-bond acceptors (Lipinski definition) is 5. The lowest BCUT2D eigenvalue weighted by atomic mass is 10.0. The summed E-state index contributed by atoms with van der Waals surface area (Å²) >= 11 is 0. The minimum absolute atomic E-state index is 0.590. The van der Waals surface area contributed by atoms with Crippen LogP contribution in [-0.2, 0) is 0 Å². The maximum Gasteiger partial charge on any atom is 0.136 e. The average molecular weight is 289 g/mol. The number of nitrogens with one attached hydrogen (secondary N) is 1. The van der Waals surface area contributed by atoms with Gasteiger partial charge in [0.05, 0.1) is 0 Å². The van der Waals surface area contributed by atoms with E-state index in [0.29, 0.717) is 12.0 Å². The SMILES string of the molecule is CCN1CCC(N(C)c2cc(NC)nc(C3CC3)n2)CC1. The van der Waals surface area contributed by atoms with Crippen LogP contribution in [0.25, 0.3) is 0 Å². The molecule has 1 saturated carbocycles. The van der Waals surface area contributed by atoms with Crippen molar-refractivity contribution in [2.24, 2.45) is 0 Å². The van der Waals surface area contributed by atoms with Crippen LogP contribution >= 0.6 is 0 Å². The summed E-state index contributed by atoms with van der Waals surface area (Å²) < 4.78 is 0. The Morgan fingerprint density at radius 2 is 1.95 bits per heavy atom. The molecule has 3 rings (SSSR count). The van der Waals surface area contributed by atoms with Gasteiger partial charge in [-0.2, -0.15) is 0 Å². The van der Waals surface area contributed by atoms with E-state index < -0.39 is 0 Å². The Kier molecular flexibility index (Phi) is 4.29. The van der Waals surface area contributed by atoms with E-state index in [1.165, 1.54) is 45.3 Å². The van der Waals surface area contributed by atoms with Gasteiger partial charge in [0.1, 0.15) is 17.5 Å². The number of rotatable bonds is 5. The lowest BCUT2D eigenvalue weighted by Crippen LogP contribution is -2.43. The van der Waals surface area contributed by atoms with Crippen LogP contribution < -0.4 is 10.2 Å². The number of nitrogens with zero attached hydrogens (tertiary/aromatic N) is 4. The second-order valence-corrected chi connectivity index (χ2v) is 6.27. The summed E-state index contributed by atoms with van der Waals surface area (Å²) in [6.45, 7) is 5.81. The smallest absolute Gasteiger partial charge is 0.136 e. The number of aromatic nitrogens is 2. The van der Waals surface area contributed by atoms with E-state index in [1.807, 2.05) is 7.05 Å². The van der Waals surface area contributed by atoms with Gasteiger partial charge in [-0.3, -0.25) is 0 Å². The minimum atomic E-state index is 0.590. The first-order chi connectivity index (χ1) is 10.2. The molecular formula is C16H27N5. The third-order valence-corrected chi connectivity index (χ3v) is 4.84. The number of hydrogen-bond donors (Lipinski definition) is 1. The Balaban J connectivity index is 1.74. The molecule has 1 aromatic rings. The molecule has 1 saturated heterocycles. The summed E-state index contributed by atoms with van der Waals surface area (Å²) in [7, 11) is 4.12. The molecule has 2 aliphatic rings. The molecule has 0 bridgehead atoms. The number of piperidine rings is 1. The summed E-state index contributed by atoms with van der Waals surface area (Å²) in [6, 6.07) is 2.68. The molecular weight excluding hydrogens is 262 g/mol. The van der Waals surface area contributed by atoms with E-state index >= 15 is 0 Å². The predicted octanol–water partition coefficient (Wildman–Crippen LogP) is 2.32. The van der Waals surface area contributed by atoms with Crippen molar-refractivity contribution in [1.82, 2.24) is 14.9 Å². The van der Waals surface area contributed by atoms with Gasteiger partial charge in [0, 0.05) is 45.2 Å². The van der Waals surface area contributed by atoms with Crippen LogP contribution in [0.5, 0.6) is 0 Å². The van der Waals surface area contributed by atoms with Crippen LogP contribution in [0.15, 0.2) is 6.07 Å². The fraction of sp³-hybridized carbons (Fsp3) is 0.750. The first kappa shape index (κ1) is 14.6. The molecule has 0 unspecified atom stereocenters. The highest BCUT2D eigenvalue weighted by atomic mass is 15.2. The Hall–Kier alpha value is -1.36. The summed E-state index contributed by atoms with van der Waals surface area (Å²) in [4.78, 5) is 14.3. The highest BCUT2D eigenvalue weighted by molar-refractivity contribution is 5.50. The number of anilines is 2. The maximum absolute atomic E-state index is 4.82. The van der Waals surface area contributed by atoms with Crippen LogP contribution in [0.1, 0.15) is 44.3 Å². The topological polar surface area (TPSA) is 44.3 Å². The van der Waals surface area contributed by atoms with E-state index in [0.717, 1.165) is 17.5 Å². The first-order valence-corrected chi connectivity index (χ1v) is 8.23. The second kappa shape index (κ2) is 6.18. The van der Waals surface area contributed by atoms with Gasteiger partial charge in [-0.05, 0) is 32.2 Å². The zero-order valence-corrected chi connectivity index (χ0v) is 13.5. The molecule has 0 radical (unpaired) electrons. The molecule has 2 fully saturated rings. The molecule has 2 heterocycles. The maximum atomic E-state index is 4.82. The van der Waals surface area contributed by atoms with Gasteiger partial charge >= 0.3 is 0 Å². The van der Waals surface area contributed by atoms with E-state index in [9.17, 15) is 0 Å². The predicted molar refractivity (Wildman–Crippen MR) is 87.1 cm³/mol. The van der Waals surface area contributed by atoms with Crippen molar-refractivity contribution in [2.45, 2.75) is 44.6 Å². The van der Waals surface area contributed by atoms with Gasteiger partial charge < -0.3 is 15.1 Å². The Morgan fingerprint density at radius 1 is 1.24 bits per heavy atom. The van der Waals surface area contributed by atoms with Gasteiger partial charge in [0.25, 0.3) is 0 Å². The van der Waals surface area contributed by atoms with Crippen molar-refractivity contribution in [2.75, 3.05) is 43.9 Å². The van der Waals surface area contributed by atoms with Crippen LogP contribution in [0.3, 0.4) is 0 Å². The average Bonchev–Trinajstić information content (AvgIpc) is 3.38. The van der Waals surface area contributed by atoms with Gasteiger partial charge in [-0.1, -0.05) is 6.92 Å². The third kappa shape index (κ3) is 3.28. The highest BCUT2D eigenvalue weighted by Crippen LogP contribution is 2.39. The van der Waals surface area contributed by atoms with E-state index in [2.05, 4.69) is 40.1 Å². The van der Waals surface area contributed by atoms with Crippen LogP contribution in [0, 0.1) is 0 Å². The molecule has 0 spiro atoms. The van der Waals surface area contributed by atoms with Crippen LogP contribution in [-0.4, -0.2) is 54.6 Å². The minimum Gasteiger partial charge on any atom is -0.373 e. The van der Waals surface area contributed by atoms with Crippen LogP contribution in [0.4, 0.5) is 11.6 Å². The quantitative estimate of drug-likeness (QED) is 0.901. The molecule has 1 N–H and O–H groups in total. The van der Waals surface area contributed by atoms with E-state index in [-0.39, 0.29) is 0 Å². The number of likely N-dealkylation sites (tertiary alicyclic amines) is 1. The highest BCUT2D eigenvalue weighted by Gasteiger charge is 2.29. The fourth-order valence-corrected chi connectivity index (χ4v) is 3.10. The molecule has 5 heteroatoms.